The molecule has 1 N–H and O–H groups in total. The standard InChI is InChI=1S/C21H22F3N3O/c1-27-17-7-4-8-18(28-2)19(17)26-20(27)25-16(11-13-9-10-13)14-5-3-6-15(12-14)21(22,23)24/h3-8,12-13,16H,9-11H2,1-2H3,(H,25,26). The quantitative estimate of drug-likeness (QED) is 0.600. The third kappa shape index (κ3) is 3.66. The molecule has 0 bridgehead atoms. The van der Waals surface area contributed by atoms with Crippen molar-refractivity contribution in [2.45, 2.75) is 31.5 Å². The van der Waals surface area contributed by atoms with E-state index in [1.165, 1.54) is 12.1 Å². The van der Waals surface area contributed by atoms with Gasteiger partial charge < -0.3 is 14.6 Å². The minimum atomic E-state index is -4.36. The van der Waals surface area contributed by atoms with Crippen LogP contribution in [0.25, 0.3) is 11.0 Å². The molecule has 0 amide bonds. The van der Waals surface area contributed by atoms with Crippen LogP contribution in [0.3, 0.4) is 0 Å². The molecule has 148 valence electrons. The minimum absolute atomic E-state index is 0.240. The highest BCUT2D eigenvalue weighted by atomic mass is 19.4. The fraction of sp³-hybridized carbons (Fsp3) is 0.381. The molecule has 1 heterocycles. The molecule has 28 heavy (non-hydrogen) atoms. The number of para-hydroxylation sites is 1. The number of aryl methyl sites for hydroxylation is 1. The van der Waals surface area contributed by atoms with Crippen LogP contribution in [-0.2, 0) is 13.2 Å². The molecule has 4 nitrogen and oxygen atoms in total. The lowest BCUT2D eigenvalue weighted by Gasteiger charge is -2.21. The Hall–Kier alpha value is -2.70. The molecule has 7 heteroatoms. The van der Waals surface area contributed by atoms with Gasteiger partial charge in [0.15, 0.2) is 0 Å². The number of rotatable bonds is 6. The number of nitrogens with one attached hydrogen (secondary N) is 1. The SMILES string of the molecule is COc1cccc2c1nc(NC(CC1CC1)c1cccc(C(F)(F)F)c1)n2C. The largest absolute Gasteiger partial charge is 0.494 e. The molecule has 0 radical (unpaired) electrons. The van der Waals surface area contributed by atoms with E-state index in [1.807, 2.05) is 29.8 Å². The number of hydrogen-bond donors (Lipinski definition) is 1. The lowest BCUT2D eigenvalue weighted by molar-refractivity contribution is -0.137. The van der Waals surface area contributed by atoms with E-state index in [4.69, 9.17) is 4.74 Å². The minimum Gasteiger partial charge on any atom is -0.494 e. The molecule has 1 atom stereocenters. The zero-order chi connectivity index (χ0) is 19.9. The van der Waals surface area contributed by atoms with Crippen LogP contribution in [0.15, 0.2) is 42.5 Å². The van der Waals surface area contributed by atoms with Gasteiger partial charge in [0.2, 0.25) is 5.95 Å². The maximum atomic E-state index is 13.2. The number of imidazole rings is 1. The number of methoxy groups -OCH3 is 1. The van der Waals surface area contributed by atoms with E-state index in [-0.39, 0.29) is 6.04 Å². The van der Waals surface area contributed by atoms with Gasteiger partial charge >= 0.3 is 6.18 Å². The van der Waals surface area contributed by atoms with Crippen molar-refractivity contribution in [1.29, 1.82) is 0 Å². The monoisotopic (exact) mass is 389 g/mol. The Morgan fingerprint density at radius 2 is 1.96 bits per heavy atom. The molecular formula is C21H22F3N3O. The van der Waals surface area contributed by atoms with Gasteiger partial charge in [-0.05, 0) is 42.2 Å². The van der Waals surface area contributed by atoms with E-state index in [9.17, 15) is 13.2 Å². The number of hydrogen-bond acceptors (Lipinski definition) is 3. The second-order valence-corrected chi connectivity index (χ2v) is 7.32. The van der Waals surface area contributed by atoms with E-state index in [0.717, 1.165) is 36.4 Å². The van der Waals surface area contributed by atoms with E-state index in [1.54, 1.807) is 13.2 Å². The molecule has 0 aliphatic heterocycles. The number of alkyl halides is 3. The van der Waals surface area contributed by atoms with Gasteiger partial charge in [0.05, 0.1) is 24.2 Å². The number of benzene rings is 2. The summed E-state index contributed by atoms with van der Waals surface area (Å²) >= 11 is 0. The summed E-state index contributed by atoms with van der Waals surface area (Å²) in [6.45, 7) is 0. The zero-order valence-corrected chi connectivity index (χ0v) is 15.8. The first-order valence-electron chi connectivity index (χ1n) is 9.30. The van der Waals surface area contributed by atoms with Crippen molar-refractivity contribution in [1.82, 2.24) is 9.55 Å². The maximum absolute atomic E-state index is 13.2. The molecule has 1 aliphatic carbocycles. The van der Waals surface area contributed by atoms with Crippen LogP contribution < -0.4 is 10.1 Å². The van der Waals surface area contributed by atoms with E-state index in [0.29, 0.717) is 23.2 Å². The van der Waals surface area contributed by atoms with Gasteiger partial charge in [-0.3, -0.25) is 0 Å². The number of fused-ring (bicyclic) bond motifs is 1. The van der Waals surface area contributed by atoms with Gasteiger partial charge in [-0.15, -0.1) is 0 Å². The first-order chi connectivity index (χ1) is 13.4. The Morgan fingerprint density at radius 1 is 1.21 bits per heavy atom. The van der Waals surface area contributed by atoms with Gasteiger partial charge in [-0.25, -0.2) is 4.98 Å². The average Bonchev–Trinajstić information content (AvgIpc) is 3.44. The average molecular weight is 389 g/mol. The predicted octanol–water partition coefficient (Wildman–Crippen LogP) is 5.55. The van der Waals surface area contributed by atoms with Crippen molar-refractivity contribution in [2.75, 3.05) is 12.4 Å². The second-order valence-electron chi connectivity index (χ2n) is 7.32. The van der Waals surface area contributed by atoms with Crippen LogP contribution in [0.4, 0.5) is 19.1 Å². The third-order valence-corrected chi connectivity index (χ3v) is 5.28. The van der Waals surface area contributed by atoms with Crippen molar-refractivity contribution in [3.63, 3.8) is 0 Å². The maximum Gasteiger partial charge on any atom is 0.416 e. The second kappa shape index (κ2) is 7.04. The molecule has 4 rings (SSSR count). The third-order valence-electron chi connectivity index (χ3n) is 5.28. The van der Waals surface area contributed by atoms with Crippen molar-refractivity contribution in [3.8, 4) is 5.75 Å². The molecule has 1 aliphatic rings. The number of nitrogens with zero attached hydrogens (tertiary/aromatic N) is 2. The molecule has 2 aromatic carbocycles. The lowest BCUT2D eigenvalue weighted by atomic mass is 9.99. The summed E-state index contributed by atoms with van der Waals surface area (Å²) < 4.78 is 46.8. The van der Waals surface area contributed by atoms with E-state index >= 15 is 0 Å². The molecular weight excluding hydrogens is 367 g/mol. The predicted molar refractivity (Wildman–Crippen MR) is 102 cm³/mol. The fourth-order valence-corrected chi connectivity index (χ4v) is 3.54. The Morgan fingerprint density at radius 3 is 2.64 bits per heavy atom. The van der Waals surface area contributed by atoms with Crippen molar-refractivity contribution < 1.29 is 17.9 Å². The summed E-state index contributed by atoms with van der Waals surface area (Å²) in [5, 5.41) is 3.38. The lowest BCUT2D eigenvalue weighted by Crippen LogP contribution is -2.16. The highest BCUT2D eigenvalue weighted by Gasteiger charge is 2.32. The van der Waals surface area contributed by atoms with Gasteiger partial charge in [-0.2, -0.15) is 13.2 Å². The van der Waals surface area contributed by atoms with Crippen LogP contribution >= 0.6 is 0 Å². The number of aromatic nitrogens is 2. The normalized spacial score (nSPS) is 15.6. The summed E-state index contributed by atoms with van der Waals surface area (Å²) in [5.41, 5.74) is 1.63. The molecule has 1 aromatic heterocycles. The Labute approximate surface area is 161 Å². The van der Waals surface area contributed by atoms with Gasteiger partial charge in [0.25, 0.3) is 0 Å². The van der Waals surface area contributed by atoms with Crippen molar-refractivity contribution >= 4 is 17.0 Å². The molecule has 3 aromatic rings. The summed E-state index contributed by atoms with van der Waals surface area (Å²) in [6.07, 6.45) is -1.34. The summed E-state index contributed by atoms with van der Waals surface area (Å²) in [5.74, 6) is 1.82. The van der Waals surface area contributed by atoms with Crippen LogP contribution in [-0.4, -0.2) is 16.7 Å². The Balaban J connectivity index is 1.70. The molecule has 1 fully saturated rings. The number of ether oxygens (including phenoxy) is 1. The molecule has 1 saturated carbocycles. The topological polar surface area (TPSA) is 39.1 Å². The van der Waals surface area contributed by atoms with Crippen molar-refractivity contribution in [3.05, 3.63) is 53.6 Å². The Bertz CT molecular complexity index is 992. The Kier molecular flexibility index (Phi) is 4.69. The molecule has 1 unspecified atom stereocenters. The van der Waals surface area contributed by atoms with Crippen LogP contribution in [0.5, 0.6) is 5.75 Å². The van der Waals surface area contributed by atoms with Gasteiger partial charge in [0.1, 0.15) is 11.3 Å². The van der Waals surface area contributed by atoms with Crippen molar-refractivity contribution in [2.24, 2.45) is 13.0 Å². The summed E-state index contributed by atoms with van der Waals surface area (Å²) in [6, 6.07) is 11.0. The highest BCUT2D eigenvalue weighted by Crippen LogP contribution is 2.40. The number of anilines is 1. The first kappa shape index (κ1) is 18.7. The smallest absolute Gasteiger partial charge is 0.416 e. The van der Waals surface area contributed by atoms with Crippen LogP contribution in [0, 0.1) is 5.92 Å². The van der Waals surface area contributed by atoms with E-state index in [2.05, 4.69) is 10.3 Å². The van der Waals surface area contributed by atoms with Gasteiger partial charge in [0, 0.05) is 7.05 Å². The molecule has 0 spiro atoms. The zero-order valence-electron chi connectivity index (χ0n) is 15.8. The summed E-state index contributed by atoms with van der Waals surface area (Å²) in [7, 11) is 3.48. The summed E-state index contributed by atoms with van der Waals surface area (Å²) in [4.78, 5) is 4.65. The highest BCUT2D eigenvalue weighted by molar-refractivity contribution is 5.84. The van der Waals surface area contributed by atoms with Crippen LogP contribution in [0.2, 0.25) is 0 Å². The molecule has 0 saturated heterocycles. The number of halogens is 3. The first-order valence-corrected chi connectivity index (χ1v) is 9.30. The van der Waals surface area contributed by atoms with Gasteiger partial charge in [-0.1, -0.05) is 31.0 Å². The van der Waals surface area contributed by atoms with E-state index < -0.39 is 11.7 Å². The fourth-order valence-electron chi connectivity index (χ4n) is 3.54. The van der Waals surface area contributed by atoms with Crippen LogP contribution in [0.1, 0.15) is 36.4 Å².